The summed E-state index contributed by atoms with van der Waals surface area (Å²) in [4.78, 5) is 25.5. The molecule has 2 aliphatic heterocycles. The van der Waals surface area contributed by atoms with Crippen molar-refractivity contribution in [1.82, 2.24) is 4.90 Å². The van der Waals surface area contributed by atoms with Gasteiger partial charge in [0.15, 0.2) is 6.10 Å². The third kappa shape index (κ3) is 3.57. The highest BCUT2D eigenvalue weighted by Crippen LogP contribution is 2.32. The van der Waals surface area contributed by atoms with Crippen molar-refractivity contribution in [1.29, 1.82) is 0 Å². The van der Waals surface area contributed by atoms with Crippen LogP contribution in [0.15, 0.2) is 18.2 Å². The number of hydrogen-bond acceptors (Lipinski definition) is 3. The van der Waals surface area contributed by atoms with Crippen molar-refractivity contribution in [3.05, 3.63) is 34.3 Å². The molecule has 1 aromatic carbocycles. The van der Waals surface area contributed by atoms with E-state index in [1.807, 2.05) is 11.8 Å². The van der Waals surface area contributed by atoms with Crippen molar-refractivity contribution in [2.75, 3.05) is 13.1 Å². The summed E-state index contributed by atoms with van der Waals surface area (Å²) in [6.07, 6.45) is 2.45. The van der Waals surface area contributed by atoms with Gasteiger partial charge in [-0.2, -0.15) is 0 Å². The molecule has 2 heterocycles. The second-order valence-electron chi connectivity index (χ2n) is 6.67. The number of amides is 1. The minimum atomic E-state index is -0.872. The van der Waals surface area contributed by atoms with Crippen LogP contribution in [0.2, 0.25) is 5.02 Å². The van der Waals surface area contributed by atoms with Crippen LogP contribution in [0.4, 0.5) is 0 Å². The van der Waals surface area contributed by atoms with E-state index >= 15 is 0 Å². The number of aryl methyl sites for hydroxylation is 1. The first-order valence-electron chi connectivity index (χ1n) is 8.39. The minimum absolute atomic E-state index is 0.0145. The van der Waals surface area contributed by atoms with Gasteiger partial charge in [0.1, 0.15) is 0 Å². The molecule has 0 unspecified atom stereocenters. The Kier molecular flexibility index (Phi) is 5.11. The number of carboxylic acids is 1. The highest BCUT2D eigenvalue weighted by atomic mass is 35.5. The molecule has 0 spiro atoms. The normalized spacial score (nSPS) is 25.0. The molecule has 6 heteroatoms. The van der Waals surface area contributed by atoms with Crippen LogP contribution >= 0.6 is 11.6 Å². The standard InChI is InChI=1S/C18H22ClNO4/c1-11-10-13(19)2-3-14(11)17(21)20-8-6-12(7-9-20)15-4-5-16(24-15)18(22)23/h2-3,10,12,15-16H,4-9H2,1H3,(H,22,23)/t15-,16+/m0/s1. The van der Waals surface area contributed by atoms with Crippen molar-refractivity contribution >= 4 is 23.5 Å². The van der Waals surface area contributed by atoms with Crippen LogP contribution < -0.4 is 0 Å². The Hall–Kier alpha value is -1.59. The Morgan fingerprint density at radius 2 is 1.92 bits per heavy atom. The second-order valence-corrected chi connectivity index (χ2v) is 7.10. The Morgan fingerprint density at radius 3 is 2.50 bits per heavy atom. The Bertz CT molecular complexity index is 640. The topological polar surface area (TPSA) is 66.8 Å². The fourth-order valence-electron chi connectivity index (χ4n) is 3.70. The molecule has 5 nitrogen and oxygen atoms in total. The van der Waals surface area contributed by atoms with E-state index in [0.717, 1.165) is 24.8 Å². The first-order valence-corrected chi connectivity index (χ1v) is 8.77. The molecule has 0 aliphatic carbocycles. The quantitative estimate of drug-likeness (QED) is 0.908. The van der Waals surface area contributed by atoms with E-state index in [1.54, 1.807) is 18.2 Å². The van der Waals surface area contributed by atoms with Crippen LogP contribution in [-0.4, -0.2) is 47.2 Å². The number of hydrogen-bond donors (Lipinski definition) is 1. The number of likely N-dealkylation sites (tertiary alicyclic amines) is 1. The lowest BCUT2D eigenvalue weighted by atomic mass is 9.89. The highest BCUT2D eigenvalue weighted by molar-refractivity contribution is 6.30. The molecule has 130 valence electrons. The molecule has 1 N–H and O–H groups in total. The lowest BCUT2D eigenvalue weighted by molar-refractivity contribution is -0.150. The average Bonchev–Trinajstić information content (AvgIpc) is 3.05. The monoisotopic (exact) mass is 351 g/mol. The summed E-state index contributed by atoms with van der Waals surface area (Å²) in [7, 11) is 0. The van der Waals surface area contributed by atoms with Gasteiger partial charge in [0, 0.05) is 23.7 Å². The molecule has 1 amide bonds. The molecule has 0 radical (unpaired) electrons. The molecule has 2 aliphatic rings. The van der Waals surface area contributed by atoms with Crippen molar-refractivity contribution in [2.45, 2.75) is 44.8 Å². The van der Waals surface area contributed by atoms with Gasteiger partial charge in [0.25, 0.3) is 5.91 Å². The average molecular weight is 352 g/mol. The number of aliphatic carboxylic acids is 1. The van der Waals surface area contributed by atoms with E-state index in [0.29, 0.717) is 36.0 Å². The maximum absolute atomic E-state index is 12.7. The Balaban J connectivity index is 1.57. The Morgan fingerprint density at radius 1 is 1.21 bits per heavy atom. The number of rotatable bonds is 3. The zero-order valence-electron chi connectivity index (χ0n) is 13.7. The smallest absolute Gasteiger partial charge is 0.332 e. The van der Waals surface area contributed by atoms with E-state index < -0.39 is 12.1 Å². The van der Waals surface area contributed by atoms with Gasteiger partial charge in [-0.3, -0.25) is 4.79 Å². The molecule has 2 saturated heterocycles. The minimum Gasteiger partial charge on any atom is -0.479 e. The molecule has 0 bridgehead atoms. The summed E-state index contributed by atoms with van der Waals surface area (Å²) in [5.74, 6) is -0.494. The first-order chi connectivity index (χ1) is 11.5. The number of nitrogens with zero attached hydrogens (tertiary/aromatic N) is 1. The predicted octanol–water partition coefficient (Wildman–Crippen LogP) is 3.13. The second kappa shape index (κ2) is 7.11. The number of benzene rings is 1. The van der Waals surface area contributed by atoms with E-state index in [9.17, 15) is 9.59 Å². The largest absolute Gasteiger partial charge is 0.479 e. The predicted molar refractivity (Wildman–Crippen MR) is 90.3 cm³/mol. The highest BCUT2D eigenvalue weighted by Gasteiger charge is 2.37. The molecule has 0 aromatic heterocycles. The summed E-state index contributed by atoms with van der Waals surface area (Å²) in [6.45, 7) is 3.26. The molecule has 1 aromatic rings. The van der Waals surface area contributed by atoms with Crippen LogP contribution in [-0.2, 0) is 9.53 Å². The summed E-state index contributed by atoms with van der Waals surface area (Å²) >= 11 is 5.95. The van der Waals surface area contributed by atoms with E-state index in [1.165, 1.54) is 0 Å². The third-order valence-electron chi connectivity index (χ3n) is 5.10. The van der Waals surface area contributed by atoms with Crippen LogP contribution in [0, 0.1) is 12.8 Å². The third-order valence-corrected chi connectivity index (χ3v) is 5.33. The van der Waals surface area contributed by atoms with Crippen LogP contribution in [0.1, 0.15) is 41.6 Å². The van der Waals surface area contributed by atoms with E-state index in [4.69, 9.17) is 21.4 Å². The summed E-state index contributed by atoms with van der Waals surface area (Å²) in [5, 5.41) is 9.66. The zero-order chi connectivity index (χ0) is 17.3. The lowest BCUT2D eigenvalue weighted by Gasteiger charge is -2.34. The number of halogens is 1. The first kappa shape index (κ1) is 17.2. The number of carbonyl (C=O) groups excluding carboxylic acids is 1. The number of carboxylic acid groups (broad SMARTS) is 1. The molecule has 2 fully saturated rings. The molecular weight excluding hydrogens is 330 g/mol. The maximum atomic E-state index is 12.7. The molecule has 24 heavy (non-hydrogen) atoms. The van der Waals surface area contributed by atoms with Crippen LogP contribution in [0.3, 0.4) is 0 Å². The van der Waals surface area contributed by atoms with Gasteiger partial charge < -0.3 is 14.7 Å². The lowest BCUT2D eigenvalue weighted by Crippen LogP contribution is -2.41. The molecular formula is C18H22ClNO4. The van der Waals surface area contributed by atoms with Crippen LogP contribution in [0.5, 0.6) is 0 Å². The van der Waals surface area contributed by atoms with Crippen molar-refractivity contribution in [2.24, 2.45) is 5.92 Å². The van der Waals surface area contributed by atoms with Crippen LogP contribution in [0.25, 0.3) is 0 Å². The SMILES string of the molecule is Cc1cc(Cl)ccc1C(=O)N1CCC([C@@H]2CC[C@H](C(=O)O)O2)CC1. The number of piperidine rings is 1. The van der Waals surface area contributed by atoms with Crippen molar-refractivity contribution in [3.63, 3.8) is 0 Å². The van der Waals surface area contributed by atoms with Gasteiger partial charge in [-0.05, 0) is 62.3 Å². The summed E-state index contributed by atoms with van der Waals surface area (Å²) in [6, 6.07) is 5.33. The van der Waals surface area contributed by atoms with Gasteiger partial charge in [-0.25, -0.2) is 4.79 Å². The van der Waals surface area contributed by atoms with E-state index in [2.05, 4.69) is 0 Å². The van der Waals surface area contributed by atoms with Crippen molar-refractivity contribution in [3.8, 4) is 0 Å². The summed E-state index contributed by atoms with van der Waals surface area (Å²) < 4.78 is 5.66. The number of carbonyl (C=O) groups is 2. The molecule has 2 atom stereocenters. The molecule has 3 rings (SSSR count). The van der Waals surface area contributed by atoms with Gasteiger partial charge in [0.2, 0.25) is 0 Å². The maximum Gasteiger partial charge on any atom is 0.332 e. The van der Waals surface area contributed by atoms with Crippen molar-refractivity contribution < 1.29 is 19.4 Å². The fourth-order valence-corrected chi connectivity index (χ4v) is 3.93. The zero-order valence-corrected chi connectivity index (χ0v) is 14.5. The fraction of sp³-hybridized carbons (Fsp3) is 0.556. The van der Waals surface area contributed by atoms with Gasteiger partial charge in [0.05, 0.1) is 6.10 Å². The summed E-state index contributed by atoms with van der Waals surface area (Å²) in [5.41, 5.74) is 1.58. The van der Waals surface area contributed by atoms with E-state index in [-0.39, 0.29) is 12.0 Å². The van der Waals surface area contributed by atoms with Gasteiger partial charge in [-0.1, -0.05) is 11.6 Å². The molecule has 0 saturated carbocycles. The number of ether oxygens (including phenoxy) is 1. The van der Waals surface area contributed by atoms with Gasteiger partial charge in [-0.15, -0.1) is 0 Å². The Labute approximate surface area is 146 Å². The van der Waals surface area contributed by atoms with Gasteiger partial charge >= 0.3 is 5.97 Å².